The van der Waals surface area contributed by atoms with E-state index in [2.05, 4.69) is 0 Å². The molecule has 0 fully saturated rings. The number of Topliss-reactive ketones (excluding diaryl/α,β-unsaturated/α-hetero) is 1. The van der Waals surface area contributed by atoms with Crippen LogP contribution in [-0.2, 0) is 4.79 Å². The Balaban J connectivity index is 0. The third-order valence-corrected chi connectivity index (χ3v) is 1.05. The molecule has 0 amide bonds. The fourth-order valence-corrected chi connectivity index (χ4v) is 0.400. The number of ketones is 1. The van der Waals surface area contributed by atoms with E-state index in [4.69, 9.17) is 0 Å². The summed E-state index contributed by atoms with van der Waals surface area (Å²) in [5.41, 5.74) is 0. The fourth-order valence-electron chi connectivity index (χ4n) is 0.400. The fraction of sp³-hybridized carbons (Fsp3) is 0.800. The number of halogens is 6. The van der Waals surface area contributed by atoms with Crippen LogP contribution in [0.3, 0.4) is 0 Å². The minimum atomic E-state index is -5.38. The molecule has 1 unspecified atom stereocenters. The van der Waals surface area contributed by atoms with Crippen LogP contribution in [0, 0.1) is 0 Å². The summed E-state index contributed by atoms with van der Waals surface area (Å²) in [6, 6.07) is 0. The second-order valence-corrected chi connectivity index (χ2v) is 2.16. The van der Waals surface area contributed by atoms with Gasteiger partial charge in [0.2, 0.25) is 5.78 Å². The van der Waals surface area contributed by atoms with Crippen LogP contribution < -0.4 is 34.7 Å². The molecule has 0 saturated heterocycles. The quantitative estimate of drug-likeness (QED) is 0.400. The van der Waals surface area contributed by atoms with E-state index in [9.17, 15) is 36.2 Å². The Bertz CT molecular complexity index is 197. The molecular weight excluding hydrogens is 229 g/mol. The van der Waals surface area contributed by atoms with E-state index in [0.717, 1.165) is 0 Å². The van der Waals surface area contributed by atoms with Gasteiger partial charge in [-0.1, -0.05) is 0 Å². The van der Waals surface area contributed by atoms with Crippen molar-refractivity contribution in [3.8, 4) is 0 Å². The molecule has 0 radical (unpaired) electrons. The molecule has 0 aliphatic heterocycles. The van der Waals surface area contributed by atoms with E-state index in [0.29, 0.717) is 0 Å². The molecule has 0 bridgehead atoms. The van der Waals surface area contributed by atoms with E-state index in [1.54, 1.807) is 0 Å². The number of carbonyl (C=O) groups excluding carboxylic acids is 1. The van der Waals surface area contributed by atoms with Gasteiger partial charge in [-0.05, 0) is 6.10 Å². The maximum atomic E-state index is 11.4. The second kappa shape index (κ2) is 5.34. The predicted molar refractivity (Wildman–Crippen MR) is 25.5 cm³/mol. The summed E-state index contributed by atoms with van der Waals surface area (Å²) >= 11 is 0. The third-order valence-electron chi connectivity index (χ3n) is 1.05. The van der Waals surface area contributed by atoms with Gasteiger partial charge in [0.15, 0.2) is 0 Å². The molecule has 9 heteroatoms. The number of alkyl halides is 6. The molecule has 0 aliphatic rings. The van der Waals surface area contributed by atoms with Crippen LogP contribution >= 0.6 is 0 Å². The van der Waals surface area contributed by atoms with Crippen LogP contribution in [0.2, 0.25) is 0 Å². The first-order valence-corrected chi connectivity index (χ1v) is 2.87. The van der Waals surface area contributed by atoms with Crippen LogP contribution in [0.5, 0.6) is 0 Å². The molecule has 0 spiro atoms. The van der Waals surface area contributed by atoms with Crippen LogP contribution in [-0.4, -0.2) is 24.2 Å². The largest absolute Gasteiger partial charge is 1.00 e. The Morgan fingerprint density at radius 2 is 1.50 bits per heavy atom. The van der Waals surface area contributed by atoms with Gasteiger partial charge in [0.05, 0.1) is 0 Å². The Kier molecular flexibility index (Phi) is 6.34. The summed E-state index contributed by atoms with van der Waals surface area (Å²) < 4.78 is 68.1. The average Bonchev–Trinajstić information content (AvgIpc) is 1.82. The summed E-state index contributed by atoms with van der Waals surface area (Å²) in [5.74, 6) is -2.66. The standard InChI is InChI=1S/C5H3F6O2.Na/c6-4(7,8)2(12)1-3(13)5(9,10)11;/h2H,1H2;/q-1;+1. The van der Waals surface area contributed by atoms with E-state index < -0.39 is 30.7 Å². The molecule has 0 heterocycles. The Labute approximate surface area is 96.6 Å². The first-order valence-electron chi connectivity index (χ1n) is 2.87. The third kappa shape index (κ3) is 5.84. The van der Waals surface area contributed by atoms with Gasteiger partial charge in [0, 0.05) is 6.42 Å². The Hall–Kier alpha value is 0.210. The normalized spacial score (nSPS) is 14.5. The maximum absolute atomic E-state index is 11.4. The molecule has 0 aromatic carbocycles. The van der Waals surface area contributed by atoms with E-state index in [1.165, 1.54) is 0 Å². The van der Waals surface area contributed by atoms with Gasteiger partial charge in [-0.3, -0.25) is 4.79 Å². The predicted octanol–water partition coefficient (Wildman–Crippen LogP) is -2.20. The van der Waals surface area contributed by atoms with Crippen molar-refractivity contribution in [3.63, 3.8) is 0 Å². The van der Waals surface area contributed by atoms with Crippen molar-refractivity contribution < 1.29 is 65.8 Å². The van der Waals surface area contributed by atoms with Gasteiger partial charge in [-0.2, -0.15) is 26.3 Å². The maximum Gasteiger partial charge on any atom is 1.00 e. The Morgan fingerprint density at radius 3 is 1.71 bits per heavy atom. The van der Waals surface area contributed by atoms with E-state index in [1.807, 2.05) is 0 Å². The summed E-state index contributed by atoms with van der Waals surface area (Å²) in [7, 11) is 0. The van der Waals surface area contributed by atoms with Crippen LogP contribution in [0.25, 0.3) is 0 Å². The van der Waals surface area contributed by atoms with Crippen LogP contribution in [0.4, 0.5) is 26.3 Å². The second-order valence-electron chi connectivity index (χ2n) is 2.16. The van der Waals surface area contributed by atoms with Crippen molar-refractivity contribution >= 4 is 5.78 Å². The Morgan fingerprint density at radius 1 is 1.14 bits per heavy atom. The van der Waals surface area contributed by atoms with Gasteiger partial charge >= 0.3 is 41.9 Å². The molecule has 0 aromatic rings. The number of hydrogen-bond acceptors (Lipinski definition) is 2. The molecule has 0 aromatic heterocycles. The van der Waals surface area contributed by atoms with Crippen molar-refractivity contribution in [1.29, 1.82) is 0 Å². The zero-order valence-electron chi connectivity index (χ0n) is 6.87. The average molecular weight is 232 g/mol. The monoisotopic (exact) mass is 232 g/mol. The van der Waals surface area contributed by atoms with Crippen molar-refractivity contribution in [2.45, 2.75) is 24.9 Å². The van der Waals surface area contributed by atoms with Crippen molar-refractivity contribution in [2.24, 2.45) is 0 Å². The smallest absolute Gasteiger partial charge is 0.845 e. The van der Waals surface area contributed by atoms with Gasteiger partial charge < -0.3 is 5.11 Å². The molecule has 78 valence electrons. The molecule has 0 rings (SSSR count). The topological polar surface area (TPSA) is 40.1 Å². The van der Waals surface area contributed by atoms with Gasteiger partial charge in [-0.15, -0.1) is 0 Å². The van der Waals surface area contributed by atoms with Crippen LogP contribution in [0.15, 0.2) is 0 Å². The number of hydrogen-bond donors (Lipinski definition) is 0. The summed E-state index contributed by atoms with van der Waals surface area (Å²) in [4.78, 5) is 9.90. The first kappa shape index (κ1) is 16.6. The zero-order chi connectivity index (χ0) is 10.9. The van der Waals surface area contributed by atoms with Crippen LogP contribution in [0.1, 0.15) is 6.42 Å². The zero-order valence-corrected chi connectivity index (χ0v) is 8.87. The molecule has 0 N–H and O–H groups in total. The van der Waals surface area contributed by atoms with Crippen molar-refractivity contribution in [2.75, 3.05) is 0 Å². The van der Waals surface area contributed by atoms with Crippen molar-refractivity contribution in [3.05, 3.63) is 0 Å². The molecule has 0 aliphatic carbocycles. The van der Waals surface area contributed by atoms with Gasteiger partial charge in [0.1, 0.15) is 0 Å². The first-order chi connectivity index (χ1) is 5.55. The summed E-state index contributed by atoms with van der Waals surface area (Å²) in [5, 5.41) is 9.96. The summed E-state index contributed by atoms with van der Waals surface area (Å²) in [6.07, 6.45) is -16.3. The molecule has 0 saturated carbocycles. The molecule has 1 atom stereocenters. The SMILES string of the molecule is O=C(CC([O-])C(F)(F)F)C(F)(F)F.[Na+]. The number of carbonyl (C=O) groups is 1. The molecular formula is C5H3F6NaO2. The van der Waals surface area contributed by atoms with E-state index >= 15 is 0 Å². The minimum Gasteiger partial charge on any atom is -0.845 e. The summed E-state index contributed by atoms with van der Waals surface area (Å²) in [6.45, 7) is 0. The van der Waals surface area contributed by atoms with Gasteiger partial charge in [-0.25, -0.2) is 0 Å². The van der Waals surface area contributed by atoms with Crippen molar-refractivity contribution in [1.82, 2.24) is 0 Å². The van der Waals surface area contributed by atoms with E-state index in [-0.39, 0.29) is 29.6 Å². The minimum absolute atomic E-state index is 0. The molecule has 14 heavy (non-hydrogen) atoms. The molecule has 2 nitrogen and oxygen atoms in total. The van der Waals surface area contributed by atoms with Gasteiger partial charge in [0.25, 0.3) is 0 Å². The number of rotatable bonds is 2.